The smallest absolute Gasteiger partial charge is 0.143 e. The molecule has 0 N–H and O–H groups in total. The third-order valence-corrected chi connectivity index (χ3v) is 11.9. The van der Waals surface area contributed by atoms with Gasteiger partial charge in [-0.05, 0) is 118 Å². The summed E-state index contributed by atoms with van der Waals surface area (Å²) in [6, 6.07) is 90.6. The first-order chi connectivity index (χ1) is 31.2. The van der Waals surface area contributed by atoms with E-state index in [1.807, 2.05) is 12.1 Å². The minimum absolute atomic E-state index is 0.906. The molecule has 0 aliphatic rings. The van der Waals surface area contributed by atoms with Crippen LogP contribution in [0, 0.1) is 0 Å². The highest BCUT2D eigenvalue weighted by molar-refractivity contribution is 6.09. The molecule has 11 rings (SSSR count). The predicted molar refractivity (Wildman–Crippen MR) is 265 cm³/mol. The van der Waals surface area contributed by atoms with Crippen molar-refractivity contribution in [3.05, 3.63) is 255 Å². The molecule has 1 aromatic heterocycles. The quantitative estimate of drug-likeness (QED) is 0.137. The van der Waals surface area contributed by atoms with Gasteiger partial charge in [-0.15, -0.1) is 0 Å². The van der Waals surface area contributed by atoms with Crippen LogP contribution in [0.25, 0.3) is 66.4 Å². The molecule has 0 atom stereocenters. The van der Waals surface area contributed by atoms with E-state index < -0.39 is 0 Å². The van der Waals surface area contributed by atoms with E-state index >= 15 is 0 Å². The number of fused-ring (bicyclic) bond motifs is 3. The summed E-state index contributed by atoms with van der Waals surface area (Å²) in [5.74, 6) is 0. The van der Waals surface area contributed by atoms with E-state index in [0.29, 0.717) is 0 Å². The largest absolute Gasteiger partial charge is 0.455 e. The Bertz CT molecular complexity index is 3190. The van der Waals surface area contributed by atoms with Gasteiger partial charge in [0.25, 0.3) is 0 Å². The van der Waals surface area contributed by atoms with Gasteiger partial charge in [-0.1, -0.05) is 176 Å². The van der Waals surface area contributed by atoms with Crippen LogP contribution in [-0.4, -0.2) is 0 Å². The predicted octanol–water partition coefficient (Wildman–Crippen LogP) is 17.2. The number of rotatable bonds is 10. The maximum atomic E-state index is 6.38. The van der Waals surface area contributed by atoms with Crippen molar-refractivity contribution < 1.29 is 4.42 Å². The fourth-order valence-electron chi connectivity index (χ4n) is 8.71. The van der Waals surface area contributed by atoms with Gasteiger partial charge in [-0.2, -0.15) is 0 Å². The average Bonchev–Trinajstić information content (AvgIpc) is 3.75. The van der Waals surface area contributed by atoms with Crippen molar-refractivity contribution in [2.45, 2.75) is 0 Å². The number of benzene rings is 10. The van der Waals surface area contributed by atoms with Gasteiger partial charge in [-0.25, -0.2) is 0 Å². The van der Waals surface area contributed by atoms with E-state index in [4.69, 9.17) is 4.42 Å². The molecule has 10 aromatic carbocycles. The third kappa shape index (κ3) is 7.43. The zero-order chi connectivity index (χ0) is 42.0. The molecule has 1 heterocycles. The van der Waals surface area contributed by atoms with Crippen LogP contribution < -0.4 is 9.80 Å². The molecule has 0 saturated carbocycles. The molecule has 11 aromatic rings. The molecule has 0 aliphatic carbocycles. The van der Waals surface area contributed by atoms with Crippen molar-refractivity contribution in [3.8, 4) is 44.5 Å². The van der Waals surface area contributed by atoms with Gasteiger partial charge in [-0.3, -0.25) is 0 Å². The maximum Gasteiger partial charge on any atom is 0.143 e. The van der Waals surface area contributed by atoms with Gasteiger partial charge in [0.05, 0.1) is 0 Å². The number of nitrogens with zero attached hydrogens (tertiary/aromatic N) is 2. The summed E-state index contributed by atoms with van der Waals surface area (Å²) in [6.45, 7) is 0. The van der Waals surface area contributed by atoms with Crippen molar-refractivity contribution >= 4 is 56.1 Å². The summed E-state index contributed by atoms with van der Waals surface area (Å²) in [7, 11) is 0. The number of hydrogen-bond acceptors (Lipinski definition) is 3. The molecule has 0 saturated heterocycles. The fourth-order valence-corrected chi connectivity index (χ4v) is 8.71. The monoisotopic (exact) mass is 806 g/mol. The Morgan fingerprint density at radius 2 is 0.540 bits per heavy atom. The van der Waals surface area contributed by atoms with Crippen LogP contribution in [-0.2, 0) is 0 Å². The summed E-state index contributed by atoms with van der Waals surface area (Å²) < 4.78 is 6.38. The van der Waals surface area contributed by atoms with E-state index in [2.05, 4.69) is 252 Å². The minimum Gasteiger partial charge on any atom is -0.455 e. The van der Waals surface area contributed by atoms with Crippen LogP contribution in [0.5, 0.6) is 0 Å². The molecule has 0 unspecified atom stereocenters. The summed E-state index contributed by atoms with van der Waals surface area (Å²) in [6.07, 6.45) is 0. The molecule has 0 aliphatic heterocycles. The lowest BCUT2D eigenvalue weighted by atomic mass is 10.0. The lowest BCUT2D eigenvalue weighted by Crippen LogP contribution is -2.10. The molecule has 0 amide bonds. The lowest BCUT2D eigenvalue weighted by molar-refractivity contribution is 0.670. The van der Waals surface area contributed by atoms with Crippen molar-refractivity contribution in [2.75, 3.05) is 9.80 Å². The van der Waals surface area contributed by atoms with Crippen LogP contribution in [0.15, 0.2) is 259 Å². The molecule has 0 radical (unpaired) electrons. The maximum absolute atomic E-state index is 6.38. The van der Waals surface area contributed by atoms with Gasteiger partial charge in [0.2, 0.25) is 0 Å². The molecular weight excluding hydrogens is 765 g/mol. The van der Waals surface area contributed by atoms with E-state index in [0.717, 1.165) is 78.3 Å². The topological polar surface area (TPSA) is 19.6 Å². The summed E-state index contributed by atoms with van der Waals surface area (Å²) in [5, 5.41) is 2.27. The zero-order valence-corrected chi connectivity index (χ0v) is 34.6. The van der Waals surface area contributed by atoms with Gasteiger partial charge in [0.15, 0.2) is 0 Å². The number of furan rings is 1. The summed E-state index contributed by atoms with van der Waals surface area (Å²) in [4.78, 5) is 4.64. The second-order valence-corrected chi connectivity index (χ2v) is 15.8. The van der Waals surface area contributed by atoms with Gasteiger partial charge in [0.1, 0.15) is 11.2 Å². The van der Waals surface area contributed by atoms with E-state index in [1.165, 1.54) is 22.3 Å². The first-order valence-electron chi connectivity index (χ1n) is 21.4. The first-order valence-corrected chi connectivity index (χ1v) is 21.4. The van der Waals surface area contributed by atoms with Crippen molar-refractivity contribution in [1.82, 2.24) is 0 Å². The van der Waals surface area contributed by atoms with Crippen LogP contribution in [0.4, 0.5) is 34.1 Å². The van der Waals surface area contributed by atoms with Crippen LogP contribution in [0.3, 0.4) is 0 Å². The molecule has 63 heavy (non-hydrogen) atoms. The highest BCUT2D eigenvalue weighted by Crippen LogP contribution is 2.41. The number of anilines is 6. The molecule has 0 fully saturated rings. The Hall–Kier alpha value is -8.40. The molecule has 3 heteroatoms. The highest BCUT2D eigenvalue weighted by Gasteiger charge is 2.17. The van der Waals surface area contributed by atoms with E-state index in [1.54, 1.807) is 0 Å². The Morgan fingerprint density at radius 3 is 0.968 bits per heavy atom. The van der Waals surface area contributed by atoms with Gasteiger partial charge < -0.3 is 14.2 Å². The molecular formula is C60H42N2O. The highest BCUT2D eigenvalue weighted by atomic mass is 16.3. The summed E-state index contributed by atoms with van der Waals surface area (Å²) >= 11 is 0. The average molecular weight is 807 g/mol. The van der Waals surface area contributed by atoms with E-state index in [-0.39, 0.29) is 0 Å². The van der Waals surface area contributed by atoms with Crippen LogP contribution in [0.1, 0.15) is 0 Å². The molecule has 298 valence electrons. The molecule has 0 spiro atoms. The Kier molecular flexibility index (Phi) is 9.89. The third-order valence-electron chi connectivity index (χ3n) is 11.9. The van der Waals surface area contributed by atoms with Gasteiger partial charge >= 0.3 is 0 Å². The summed E-state index contributed by atoms with van der Waals surface area (Å²) in [5.41, 5.74) is 17.6. The SMILES string of the molecule is c1ccc(-c2ccc(N(c3ccc(-c4ccccc4)cc3)c3ccc(-c4ccc(N(c5ccccc5)c5ccc(-c6cccc7c6oc6ccccc67)cc5)cc4)cc3)cc2)cc1. The second-order valence-electron chi connectivity index (χ2n) is 15.8. The second kappa shape index (κ2) is 16.6. The standard InChI is InChI=1S/C60H42N2O/c1-4-13-43(14-5-1)45-23-33-52(34-24-45)62(53-35-25-46(26-36-53)44-15-6-2-7-16-44)54-39-29-48(30-40-54)47-27-37-51(38-28-47)61(50-17-8-3-9-18-50)55-41-31-49(32-42-55)56-20-12-21-58-57-19-10-11-22-59(57)63-60(56)58/h1-42H. The first kappa shape index (κ1) is 37.6. The fraction of sp³-hybridized carbons (Fsp3) is 0. The van der Waals surface area contributed by atoms with Crippen molar-refractivity contribution in [2.24, 2.45) is 0 Å². The van der Waals surface area contributed by atoms with Crippen LogP contribution in [0.2, 0.25) is 0 Å². The number of hydrogen-bond donors (Lipinski definition) is 0. The minimum atomic E-state index is 0.906. The molecule has 3 nitrogen and oxygen atoms in total. The number of para-hydroxylation sites is 3. The Morgan fingerprint density at radius 1 is 0.222 bits per heavy atom. The molecule has 0 bridgehead atoms. The normalized spacial score (nSPS) is 11.2. The Labute approximate surface area is 368 Å². The van der Waals surface area contributed by atoms with Crippen molar-refractivity contribution in [3.63, 3.8) is 0 Å². The van der Waals surface area contributed by atoms with Crippen molar-refractivity contribution in [1.29, 1.82) is 0 Å². The van der Waals surface area contributed by atoms with E-state index in [9.17, 15) is 0 Å². The van der Waals surface area contributed by atoms with Gasteiger partial charge in [0, 0.05) is 50.5 Å². The lowest BCUT2D eigenvalue weighted by Gasteiger charge is -2.26. The van der Waals surface area contributed by atoms with Crippen LogP contribution >= 0.6 is 0 Å². The Balaban J connectivity index is 0.892. The zero-order valence-electron chi connectivity index (χ0n) is 34.6.